The molecule has 2 saturated carbocycles. The third-order valence-corrected chi connectivity index (χ3v) is 9.63. The van der Waals surface area contributed by atoms with Crippen molar-refractivity contribution >= 4 is 23.2 Å². The first kappa shape index (κ1) is 24.9. The Hall–Kier alpha value is -2.76. The largest absolute Gasteiger partial charge is 0.466 e. The van der Waals surface area contributed by atoms with Crippen LogP contribution in [0.3, 0.4) is 0 Å². The van der Waals surface area contributed by atoms with E-state index < -0.39 is 5.97 Å². The van der Waals surface area contributed by atoms with Crippen LogP contribution in [-0.2, 0) is 19.2 Å². The summed E-state index contributed by atoms with van der Waals surface area (Å²) < 4.78 is 4.86. The summed E-state index contributed by atoms with van der Waals surface area (Å²) in [7, 11) is 0. The zero-order chi connectivity index (χ0) is 25.3. The molecule has 0 saturated heterocycles. The van der Waals surface area contributed by atoms with E-state index in [4.69, 9.17) is 9.57 Å². The molecule has 6 nitrogen and oxygen atoms in total. The smallest absolute Gasteiger partial charge is 0.335 e. The van der Waals surface area contributed by atoms with Crippen molar-refractivity contribution < 1.29 is 19.2 Å². The highest BCUT2D eigenvalue weighted by atomic mass is 16.7. The molecule has 4 aliphatic rings. The molecule has 0 unspecified atom stereocenters. The minimum absolute atomic E-state index is 0.0110. The predicted octanol–water partition coefficient (Wildman–Crippen LogP) is 6.28. The van der Waals surface area contributed by atoms with Gasteiger partial charge in [0.05, 0.1) is 25.2 Å². The van der Waals surface area contributed by atoms with Gasteiger partial charge in [0.15, 0.2) is 0 Å². The highest BCUT2D eigenvalue weighted by Crippen LogP contribution is 2.66. The van der Waals surface area contributed by atoms with Crippen molar-refractivity contribution in [1.82, 2.24) is 4.98 Å². The maximum absolute atomic E-state index is 12.0. The standard InChI is InChI=1S/C30H38N2O4/c1-4-35-27(33)11-12-28(34)36-32-22-13-15-29(2)21(18-22)7-8-23-25-10-9-24(20-6-5-17-31-19-20)30(25,3)16-14-26(23)29/h5-6,9,17-19,23,25-26H,4,7-8,10-16H2,1-3H3/t23-,25+,26+,29+,30-/m1/s1. The number of ether oxygens (including phenoxy) is 1. The number of esters is 1. The van der Waals surface area contributed by atoms with E-state index >= 15 is 0 Å². The van der Waals surface area contributed by atoms with Crippen molar-refractivity contribution in [3.8, 4) is 0 Å². The van der Waals surface area contributed by atoms with Gasteiger partial charge in [-0.05, 0) is 104 Å². The fraction of sp³-hybridized carbons (Fsp3) is 0.600. The highest BCUT2D eigenvalue weighted by molar-refractivity contribution is 5.96. The Bertz CT molecular complexity index is 1110. The van der Waals surface area contributed by atoms with Crippen LogP contribution in [-0.4, -0.2) is 29.2 Å². The average Bonchev–Trinajstić information content (AvgIpc) is 3.24. The number of carbonyl (C=O) groups is 2. The molecule has 0 aliphatic heterocycles. The number of hydrogen-bond acceptors (Lipinski definition) is 6. The second-order valence-corrected chi connectivity index (χ2v) is 11.4. The lowest BCUT2D eigenvalue weighted by Crippen LogP contribution is -2.49. The fourth-order valence-electron chi connectivity index (χ4n) is 7.77. The number of allylic oxidation sites excluding steroid dienone is 4. The molecule has 1 aromatic rings. The monoisotopic (exact) mass is 490 g/mol. The average molecular weight is 491 g/mol. The molecular weight excluding hydrogens is 452 g/mol. The van der Waals surface area contributed by atoms with Gasteiger partial charge in [-0.25, -0.2) is 4.79 Å². The van der Waals surface area contributed by atoms with Gasteiger partial charge in [-0.15, -0.1) is 0 Å². The molecule has 6 heteroatoms. The van der Waals surface area contributed by atoms with Gasteiger partial charge >= 0.3 is 11.9 Å². The number of oxime groups is 1. The maximum atomic E-state index is 12.0. The molecule has 0 N–H and O–H groups in total. The van der Waals surface area contributed by atoms with E-state index in [1.807, 2.05) is 12.4 Å². The van der Waals surface area contributed by atoms with E-state index in [0.717, 1.165) is 30.9 Å². The van der Waals surface area contributed by atoms with Gasteiger partial charge in [0.1, 0.15) is 0 Å². The molecule has 1 aromatic heterocycles. The summed E-state index contributed by atoms with van der Waals surface area (Å²) in [5.41, 5.74) is 5.53. The molecule has 0 amide bonds. The quantitative estimate of drug-likeness (QED) is 0.266. The minimum atomic E-state index is -0.490. The lowest BCUT2D eigenvalue weighted by atomic mass is 9.46. The van der Waals surface area contributed by atoms with E-state index in [0.29, 0.717) is 18.4 Å². The summed E-state index contributed by atoms with van der Waals surface area (Å²) in [6.45, 7) is 7.02. The molecule has 5 atom stereocenters. The Morgan fingerprint density at radius 1 is 1.08 bits per heavy atom. The molecule has 0 radical (unpaired) electrons. The predicted molar refractivity (Wildman–Crippen MR) is 139 cm³/mol. The molecule has 5 rings (SSSR count). The first-order valence-corrected chi connectivity index (χ1v) is 13.6. The molecule has 2 fully saturated rings. The summed E-state index contributed by atoms with van der Waals surface area (Å²) in [5, 5.41) is 4.17. The Kier molecular flexibility index (Phi) is 6.88. The maximum Gasteiger partial charge on any atom is 0.335 e. The lowest BCUT2D eigenvalue weighted by molar-refractivity contribution is -0.150. The van der Waals surface area contributed by atoms with E-state index in [-0.39, 0.29) is 29.6 Å². The summed E-state index contributed by atoms with van der Waals surface area (Å²) in [6, 6.07) is 4.27. The van der Waals surface area contributed by atoms with E-state index in [1.54, 1.807) is 6.92 Å². The van der Waals surface area contributed by atoms with Crippen molar-refractivity contribution in [3.05, 3.63) is 47.8 Å². The normalized spacial score (nSPS) is 34.1. The molecule has 192 valence electrons. The molecule has 0 bridgehead atoms. The topological polar surface area (TPSA) is 77.9 Å². The Morgan fingerprint density at radius 3 is 2.69 bits per heavy atom. The molecular formula is C30H38N2O4. The Labute approximate surface area is 214 Å². The minimum Gasteiger partial charge on any atom is -0.466 e. The van der Waals surface area contributed by atoms with Crippen LogP contribution in [0.15, 0.2) is 47.4 Å². The Morgan fingerprint density at radius 2 is 1.92 bits per heavy atom. The van der Waals surface area contributed by atoms with Crippen molar-refractivity contribution in [2.45, 2.75) is 78.6 Å². The van der Waals surface area contributed by atoms with E-state index in [1.165, 1.54) is 42.4 Å². The molecule has 0 aromatic carbocycles. The molecule has 4 aliphatic carbocycles. The van der Waals surface area contributed by atoms with Gasteiger partial charge in [0.2, 0.25) is 0 Å². The van der Waals surface area contributed by atoms with Crippen LogP contribution in [0.4, 0.5) is 0 Å². The number of hydrogen-bond donors (Lipinski definition) is 0. The molecule has 0 spiro atoms. The molecule has 1 heterocycles. The van der Waals surface area contributed by atoms with Crippen LogP contribution in [0.2, 0.25) is 0 Å². The number of aromatic nitrogens is 1. The van der Waals surface area contributed by atoms with Crippen molar-refractivity contribution in [3.63, 3.8) is 0 Å². The van der Waals surface area contributed by atoms with Crippen molar-refractivity contribution in [1.29, 1.82) is 0 Å². The van der Waals surface area contributed by atoms with Crippen LogP contribution in [0.1, 0.15) is 84.1 Å². The zero-order valence-corrected chi connectivity index (χ0v) is 21.8. The first-order chi connectivity index (χ1) is 17.3. The number of carbonyl (C=O) groups excluding carboxylic acids is 2. The van der Waals surface area contributed by atoms with Crippen molar-refractivity contribution in [2.75, 3.05) is 6.61 Å². The number of rotatable bonds is 6. The number of pyridine rings is 1. The number of fused-ring (bicyclic) bond motifs is 5. The van der Waals surface area contributed by atoms with Crippen LogP contribution in [0.25, 0.3) is 5.57 Å². The van der Waals surface area contributed by atoms with E-state index in [2.05, 4.69) is 48.3 Å². The van der Waals surface area contributed by atoms with E-state index in [9.17, 15) is 9.59 Å². The van der Waals surface area contributed by atoms with Crippen LogP contribution >= 0.6 is 0 Å². The Balaban J connectivity index is 1.26. The van der Waals surface area contributed by atoms with Gasteiger partial charge in [-0.1, -0.05) is 36.7 Å². The summed E-state index contributed by atoms with van der Waals surface area (Å²) in [5.74, 6) is 1.24. The van der Waals surface area contributed by atoms with Gasteiger partial charge in [0.25, 0.3) is 0 Å². The van der Waals surface area contributed by atoms with Crippen molar-refractivity contribution in [2.24, 2.45) is 33.7 Å². The van der Waals surface area contributed by atoms with Gasteiger partial charge in [-0.2, -0.15) is 0 Å². The van der Waals surface area contributed by atoms with Crippen LogP contribution in [0.5, 0.6) is 0 Å². The summed E-state index contributed by atoms with van der Waals surface area (Å²) >= 11 is 0. The van der Waals surface area contributed by atoms with Crippen LogP contribution < -0.4 is 0 Å². The lowest BCUT2D eigenvalue weighted by Gasteiger charge is -2.58. The summed E-state index contributed by atoms with van der Waals surface area (Å²) in [4.78, 5) is 33.0. The van der Waals surface area contributed by atoms with Gasteiger partial charge in [-0.3, -0.25) is 9.78 Å². The fourth-order valence-corrected chi connectivity index (χ4v) is 7.77. The SMILES string of the molecule is CCOC(=O)CCC(=O)ON=C1C=C2CC[C@H]3[C@H](CC[C@]4(C)C(c5cccnc5)=CC[C@@H]34)[C@@]2(C)CC1. The van der Waals surface area contributed by atoms with Gasteiger partial charge < -0.3 is 9.57 Å². The zero-order valence-electron chi connectivity index (χ0n) is 21.8. The highest BCUT2D eigenvalue weighted by Gasteiger charge is 2.57. The third kappa shape index (κ3) is 4.44. The second-order valence-electron chi connectivity index (χ2n) is 11.4. The first-order valence-electron chi connectivity index (χ1n) is 13.6. The second kappa shape index (κ2) is 9.95. The van der Waals surface area contributed by atoms with Crippen LogP contribution in [0, 0.1) is 28.6 Å². The third-order valence-electron chi connectivity index (χ3n) is 9.63. The number of nitrogens with zero attached hydrogens (tertiary/aromatic N) is 2. The molecule has 36 heavy (non-hydrogen) atoms. The summed E-state index contributed by atoms with van der Waals surface area (Å²) in [6.07, 6.45) is 16.4. The van der Waals surface area contributed by atoms with Gasteiger partial charge in [0, 0.05) is 12.4 Å².